The van der Waals surface area contributed by atoms with E-state index < -0.39 is 48.6 Å². The molecule has 6 atom stereocenters. The molecule has 1 amide bonds. The van der Waals surface area contributed by atoms with Gasteiger partial charge in [-0.25, -0.2) is 4.79 Å². The van der Waals surface area contributed by atoms with E-state index >= 15 is 0 Å². The van der Waals surface area contributed by atoms with Gasteiger partial charge >= 0.3 is 6.09 Å². The van der Waals surface area contributed by atoms with Crippen molar-refractivity contribution < 1.29 is 39.1 Å². The monoisotopic (exact) mass is 411 g/mol. The summed E-state index contributed by atoms with van der Waals surface area (Å²) in [5.41, 5.74) is 0.828. The molecule has 29 heavy (non-hydrogen) atoms. The molecule has 3 rings (SSSR count). The van der Waals surface area contributed by atoms with Crippen LogP contribution < -0.4 is 5.32 Å². The van der Waals surface area contributed by atoms with Crippen LogP contribution in [0.5, 0.6) is 0 Å². The van der Waals surface area contributed by atoms with Crippen LogP contribution in [0.1, 0.15) is 32.3 Å². The van der Waals surface area contributed by atoms with Crippen molar-refractivity contribution in [1.29, 1.82) is 0 Å². The highest BCUT2D eigenvalue weighted by atomic mass is 16.8. The predicted molar refractivity (Wildman–Crippen MR) is 101 cm³/mol. The summed E-state index contributed by atoms with van der Waals surface area (Å²) in [4.78, 5) is 12.2. The van der Waals surface area contributed by atoms with Crippen molar-refractivity contribution in [2.24, 2.45) is 0 Å². The summed E-state index contributed by atoms with van der Waals surface area (Å²) in [5, 5.41) is 33.1. The van der Waals surface area contributed by atoms with Crippen molar-refractivity contribution in [3.8, 4) is 0 Å². The molecule has 2 heterocycles. The van der Waals surface area contributed by atoms with Gasteiger partial charge in [-0.3, -0.25) is 0 Å². The third-order valence-corrected chi connectivity index (χ3v) is 4.99. The minimum atomic E-state index is -1.25. The molecular formula is C20H29NO8. The van der Waals surface area contributed by atoms with E-state index in [-0.39, 0.29) is 19.6 Å². The summed E-state index contributed by atoms with van der Waals surface area (Å²) in [6.07, 6.45) is -5.02. The Balaban J connectivity index is 1.58. The number of amides is 1. The van der Waals surface area contributed by atoms with Crippen molar-refractivity contribution in [3.63, 3.8) is 0 Å². The highest BCUT2D eigenvalue weighted by Crippen LogP contribution is 2.38. The molecule has 0 radical (unpaired) electrons. The van der Waals surface area contributed by atoms with E-state index in [4.69, 9.17) is 24.1 Å². The predicted octanol–water partition coefficient (Wildman–Crippen LogP) is 0.652. The van der Waals surface area contributed by atoms with Gasteiger partial charge in [0.25, 0.3) is 0 Å². The van der Waals surface area contributed by atoms with Crippen LogP contribution in [0.3, 0.4) is 0 Å². The average molecular weight is 411 g/mol. The molecule has 0 spiro atoms. The number of carbonyl (C=O) groups is 1. The SMILES string of the molecule is CC1(C)O[C@H]2O[C@H]([C@H](O)[C@@H](CCCO)NC(=O)OCc3ccccc3)[C@H](O)[C@H]2O1. The number of alkyl carbamates (subject to hydrolysis) is 1. The second-order valence-corrected chi connectivity index (χ2v) is 7.73. The fourth-order valence-corrected chi connectivity index (χ4v) is 3.58. The van der Waals surface area contributed by atoms with Crippen molar-refractivity contribution in [1.82, 2.24) is 5.32 Å². The van der Waals surface area contributed by atoms with Crippen LogP contribution >= 0.6 is 0 Å². The van der Waals surface area contributed by atoms with Gasteiger partial charge in [-0.1, -0.05) is 30.3 Å². The molecule has 9 heteroatoms. The molecule has 1 aromatic rings. The summed E-state index contributed by atoms with van der Waals surface area (Å²) in [5.74, 6) is -0.887. The minimum Gasteiger partial charge on any atom is -0.445 e. The van der Waals surface area contributed by atoms with Gasteiger partial charge in [-0.15, -0.1) is 0 Å². The Kier molecular flexibility index (Phi) is 7.10. The van der Waals surface area contributed by atoms with Gasteiger partial charge in [0.2, 0.25) is 0 Å². The molecule has 0 aliphatic carbocycles. The number of fused-ring (bicyclic) bond motifs is 1. The van der Waals surface area contributed by atoms with E-state index in [0.717, 1.165) is 5.56 Å². The largest absolute Gasteiger partial charge is 0.445 e. The number of aliphatic hydroxyl groups is 3. The van der Waals surface area contributed by atoms with Gasteiger partial charge in [-0.05, 0) is 32.3 Å². The zero-order valence-electron chi connectivity index (χ0n) is 16.6. The lowest BCUT2D eigenvalue weighted by atomic mass is 9.96. The Bertz CT molecular complexity index is 670. The Morgan fingerprint density at radius 1 is 1.28 bits per heavy atom. The van der Waals surface area contributed by atoms with Gasteiger partial charge in [0.1, 0.15) is 31.0 Å². The first-order valence-electron chi connectivity index (χ1n) is 9.76. The average Bonchev–Trinajstić information content (AvgIpc) is 3.16. The Morgan fingerprint density at radius 2 is 2.00 bits per heavy atom. The van der Waals surface area contributed by atoms with Gasteiger partial charge < -0.3 is 39.6 Å². The number of hydrogen-bond acceptors (Lipinski definition) is 8. The molecule has 0 aromatic heterocycles. The van der Waals surface area contributed by atoms with Gasteiger partial charge in [0.15, 0.2) is 12.1 Å². The van der Waals surface area contributed by atoms with Crippen LogP contribution in [-0.2, 0) is 25.6 Å². The first-order valence-corrected chi connectivity index (χ1v) is 9.76. The fourth-order valence-electron chi connectivity index (χ4n) is 3.58. The lowest BCUT2D eigenvalue weighted by Gasteiger charge is -2.31. The molecule has 2 aliphatic heterocycles. The molecule has 4 N–H and O–H groups in total. The number of carbonyl (C=O) groups excluding carboxylic acids is 1. The first-order chi connectivity index (χ1) is 13.8. The molecule has 9 nitrogen and oxygen atoms in total. The Morgan fingerprint density at radius 3 is 2.66 bits per heavy atom. The molecule has 1 aromatic carbocycles. The first kappa shape index (κ1) is 21.9. The van der Waals surface area contributed by atoms with Crippen LogP contribution in [0.2, 0.25) is 0 Å². The standard InChI is InChI=1S/C20H29NO8/c1-20(2)28-17-15(24)16(27-18(17)29-20)14(23)13(9-6-10-22)21-19(25)26-11-12-7-4-3-5-8-12/h3-5,7-8,13-18,22-24H,6,9-11H2,1-2H3,(H,21,25)/t13-,14-,15+,16-,17-,18-/m1/s1. The highest BCUT2D eigenvalue weighted by Gasteiger charge is 2.56. The lowest BCUT2D eigenvalue weighted by molar-refractivity contribution is -0.227. The van der Waals surface area contributed by atoms with Crippen LogP contribution in [-0.4, -0.2) is 70.6 Å². The lowest BCUT2D eigenvalue weighted by Crippen LogP contribution is -2.52. The normalized spacial score (nSPS) is 29.8. The van der Waals surface area contributed by atoms with Crippen molar-refractivity contribution in [2.45, 2.75) is 75.8 Å². The van der Waals surface area contributed by atoms with E-state index in [0.29, 0.717) is 6.42 Å². The summed E-state index contributed by atoms with van der Waals surface area (Å²) in [6.45, 7) is 3.39. The maximum absolute atomic E-state index is 12.2. The topological polar surface area (TPSA) is 127 Å². The Labute approximate surface area is 169 Å². The summed E-state index contributed by atoms with van der Waals surface area (Å²) < 4.78 is 22.1. The third kappa shape index (κ3) is 5.44. The molecule has 2 fully saturated rings. The van der Waals surface area contributed by atoms with Crippen molar-refractivity contribution in [3.05, 3.63) is 35.9 Å². The van der Waals surface area contributed by atoms with Crippen LogP contribution in [0.4, 0.5) is 4.79 Å². The number of rotatable bonds is 8. The second-order valence-electron chi connectivity index (χ2n) is 7.73. The number of hydrogen-bond donors (Lipinski definition) is 4. The van der Waals surface area contributed by atoms with Gasteiger partial charge in [-0.2, -0.15) is 0 Å². The number of ether oxygens (including phenoxy) is 4. The fraction of sp³-hybridized carbons (Fsp3) is 0.650. The molecular weight excluding hydrogens is 382 g/mol. The maximum atomic E-state index is 12.2. The third-order valence-electron chi connectivity index (χ3n) is 4.99. The van der Waals surface area contributed by atoms with Crippen LogP contribution in [0.25, 0.3) is 0 Å². The van der Waals surface area contributed by atoms with Crippen molar-refractivity contribution >= 4 is 6.09 Å². The van der Waals surface area contributed by atoms with Crippen LogP contribution in [0, 0.1) is 0 Å². The summed E-state index contributed by atoms with van der Waals surface area (Å²) in [6, 6.07) is 8.40. The van der Waals surface area contributed by atoms with E-state index in [9.17, 15) is 15.0 Å². The van der Waals surface area contributed by atoms with E-state index in [2.05, 4.69) is 5.32 Å². The zero-order valence-corrected chi connectivity index (χ0v) is 16.6. The molecule has 0 saturated carbocycles. The highest BCUT2D eigenvalue weighted by molar-refractivity contribution is 5.67. The van der Waals surface area contributed by atoms with E-state index in [1.807, 2.05) is 30.3 Å². The van der Waals surface area contributed by atoms with Crippen molar-refractivity contribution in [2.75, 3.05) is 6.61 Å². The second kappa shape index (κ2) is 9.38. The van der Waals surface area contributed by atoms with Gasteiger partial charge in [0.05, 0.1) is 6.04 Å². The molecule has 2 aliphatic rings. The zero-order chi connectivity index (χ0) is 21.0. The number of benzene rings is 1. The quantitative estimate of drug-likeness (QED) is 0.491. The maximum Gasteiger partial charge on any atom is 0.407 e. The minimum absolute atomic E-state index is 0.0823. The number of aliphatic hydroxyl groups excluding tert-OH is 3. The van der Waals surface area contributed by atoms with Crippen LogP contribution in [0.15, 0.2) is 30.3 Å². The van der Waals surface area contributed by atoms with Gasteiger partial charge in [0, 0.05) is 6.61 Å². The Hall–Kier alpha value is -1.75. The molecule has 0 bridgehead atoms. The smallest absolute Gasteiger partial charge is 0.407 e. The van der Waals surface area contributed by atoms with E-state index in [1.54, 1.807) is 13.8 Å². The summed E-state index contributed by atoms with van der Waals surface area (Å²) >= 11 is 0. The van der Waals surface area contributed by atoms with E-state index in [1.165, 1.54) is 0 Å². The number of nitrogens with one attached hydrogen (secondary N) is 1. The summed E-state index contributed by atoms with van der Waals surface area (Å²) in [7, 11) is 0. The molecule has 0 unspecified atom stereocenters. The molecule has 2 saturated heterocycles. The molecule has 162 valence electrons.